The quantitative estimate of drug-likeness (QED) is 0.00482. The van der Waals surface area contributed by atoms with Crippen molar-refractivity contribution in [1.82, 2.24) is 26.5 Å². The number of nitrogens with zero attached hydrogens (tertiary/aromatic N) is 2. The number of esters is 4. The van der Waals surface area contributed by atoms with Crippen molar-refractivity contribution in [3.05, 3.63) is 119 Å². The minimum Gasteiger partial charge on any atom is -0.481 e. The van der Waals surface area contributed by atoms with E-state index in [4.69, 9.17) is 49.7 Å². The van der Waals surface area contributed by atoms with E-state index in [1.54, 1.807) is 62.7 Å². The van der Waals surface area contributed by atoms with E-state index in [0.29, 0.717) is 50.6 Å². The first-order valence-electron chi connectivity index (χ1n) is 45.5. The average molecular weight is 1880 g/mol. The molecule has 0 saturated carbocycles. The molecule has 3 rings (SSSR count). The lowest BCUT2D eigenvalue weighted by Crippen LogP contribution is -2.43. The number of carbonyl (C=O) groups is 11. The number of carboxylic acid groups (broad SMARTS) is 4. The van der Waals surface area contributed by atoms with Gasteiger partial charge in [0.2, 0.25) is 5.91 Å². The summed E-state index contributed by atoms with van der Waals surface area (Å²) in [7, 11) is 6.41. The number of rotatable bonds is 45. The van der Waals surface area contributed by atoms with Gasteiger partial charge < -0.3 is 70.1 Å². The smallest absolute Gasteiger partial charge is 0.408 e. The van der Waals surface area contributed by atoms with Gasteiger partial charge in [-0.1, -0.05) is 308 Å². The van der Waals surface area contributed by atoms with Gasteiger partial charge in [-0.3, -0.25) is 38.9 Å². The van der Waals surface area contributed by atoms with Gasteiger partial charge in [-0.05, 0) is 134 Å². The normalized spacial score (nSPS) is 11.9. The van der Waals surface area contributed by atoms with Crippen LogP contribution in [-0.2, 0) is 101 Å². The Balaban J connectivity index is -0.000000218. The minimum atomic E-state index is -1.05. The number of nitrogens with two attached hydrogens (primary N) is 1. The van der Waals surface area contributed by atoms with Crippen molar-refractivity contribution in [3.63, 3.8) is 0 Å². The molecule has 0 bridgehead atoms. The molecule has 0 aliphatic rings. The third-order valence-corrected chi connectivity index (χ3v) is 22.0. The van der Waals surface area contributed by atoms with Crippen LogP contribution in [0.2, 0.25) is 0 Å². The van der Waals surface area contributed by atoms with Crippen LogP contribution in [-0.4, -0.2) is 170 Å². The molecule has 3 aromatic rings. The fourth-order valence-electron chi connectivity index (χ4n) is 10.0. The Kier molecular flexibility index (Phi) is 79.3. The first kappa shape index (κ1) is 138. The van der Waals surface area contributed by atoms with Gasteiger partial charge in [-0.2, -0.15) is 5.26 Å². The summed E-state index contributed by atoms with van der Waals surface area (Å²) in [5.74, 6) is -6.46. The molecule has 0 heterocycles. The van der Waals surface area contributed by atoms with E-state index in [2.05, 4.69) is 128 Å². The number of hydroxylamine groups is 3. The fourth-order valence-corrected chi connectivity index (χ4v) is 10.0. The summed E-state index contributed by atoms with van der Waals surface area (Å²) in [6.07, 6.45) is 11.8. The molecule has 10 N–H and O–H groups in total. The third-order valence-electron chi connectivity index (χ3n) is 22.0. The highest BCUT2D eigenvalue weighted by molar-refractivity contribution is 6.14. The van der Waals surface area contributed by atoms with Crippen molar-refractivity contribution in [3.8, 4) is 6.07 Å². The van der Waals surface area contributed by atoms with E-state index in [9.17, 15) is 63.0 Å². The summed E-state index contributed by atoms with van der Waals surface area (Å²) in [6.45, 7) is 61.7. The van der Waals surface area contributed by atoms with E-state index >= 15 is 0 Å². The second-order valence-corrected chi connectivity index (χ2v) is 37.5. The molecular formula is C101H178ClN7O22. The standard InChI is InChI=1S/C16H23NO4.C15H22N2.C15H23NO2.C12H22O4.C10H16O4.C9H19NO2.C8H17NO2.C7H14O2.C7H14O.C2H7NO.ClH/c1-4-16(2,3)10-13(14(18)19)17-15(20)21-11-12-8-6-5-7-9-12;1-4-15(2,3)10-14(11-16)17-12-13-8-6-5-7-9-13;1-4-15(2,3)10-13(14(17)18)16-11-12-8-6-5-7-9-12;1-6-12(4,5)9(10(13)15-7-2)11(14)16-8-3;1-5-13-9(11)8(7(3)4)10(12)14-6-2;1-6-9(2,3)7-8(11)10(4)12-5;1-4-8(2,3)5-6(9)7(10)11;1-4-7(2,3)5-6(8)9;1-4-7(2,3)5-6-8;1-3-4-2;/h5-9,13H,4,10-11H2,1-3H3,(H,17,20)(H,18,19);5-9,14,17H,4,10,12H2,1-3H3;5-9,13,16H,4,10-11H2,1-3H3,(H,17,18);9H,6-8H2,1-5H3;5-6H2,1-4H3;6-7H2,1-5H3;6H,4-5,9H2,1-3H3,(H,10,11);4-5H2,1-3H3,(H,8,9);6H,4-5H2,1-3H3;3H,1-2H3;1H. The summed E-state index contributed by atoms with van der Waals surface area (Å²) in [5, 5.41) is 54.6. The van der Waals surface area contributed by atoms with Crippen molar-refractivity contribution in [2.45, 2.75) is 348 Å². The summed E-state index contributed by atoms with van der Waals surface area (Å²) < 4.78 is 24.4. The van der Waals surface area contributed by atoms with Crippen LogP contribution in [0.4, 0.5) is 4.79 Å². The number of hydrogen-bond donors (Lipinski definition) is 9. The summed E-state index contributed by atoms with van der Waals surface area (Å²) in [4.78, 5) is 131. The highest BCUT2D eigenvalue weighted by atomic mass is 35.5. The van der Waals surface area contributed by atoms with Crippen molar-refractivity contribution >= 4 is 78.4 Å². The molecule has 0 aliphatic heterocycles. The van der Waals surface area contributed by atoms with Crippen molar-refractivity contribution < 1.29 is 107 Å². The predicted octanol–water partition coefficient (Wildman–Crippen LogP) is 20.5. The first-order valence-corrected chi connectivity index (χ1v) is 45.5. The largest absolute Gasteiger partial charge is 0.481 e. The number of nitrogens with one attached hydrogen (secondary N) is 4. The molecule has 29 nitrogen and oxygen atoms in total. The molecule has 756 valence electrons. The van der Waals surface area contributed by atoms with E-state index < -0.39 is 83.3 Å². The molecule has 0 spiro atoms. The topological polar surface area (TPSA) is 434 Å². The maximum Gasteiger partial charge on any atom is 0.408 e. The molecule has 0 radical (unpaired) electrons. The number of carboxylic acids is 4. The van der Waals surface area contributed by atoms with E-state index in [1.165, 1.54) is 17.7 Å². The lowest BCUT2D eigenvalue weighted by Gasteiger charge is -2.29. The van der Waals surface area contributed by atoms with Crippen molar-refractivity contribution in [1.29, 1.82) is 5.26 Å². The van der Waals surface area contributed by atoms with Gasteiger partial charge in [0.1, 0.15) is 36.6 Å². The number of aliphatic carboxylic acids is 4. The van der Waals surface area contributed by atoms with Gasteiger partial charge in [0, 0.05) is 40.0 Å². The Labute approximate surface area is 795 Å². The number of nitriles is 1. The zero-order valence-corrected chi connectivity index (χ0v) is 87.5. The van der Waals surface area contributed by atoms with Gasteiger partial charge in [0.25, 0.3) is 0 Å². The monoisotopic (exact) mass is 1880 g/mol. The number of alkyl carbamates (subject to hydrolysis) is 1. The van der Waals surface area contributed by atoms with Crippen LogP contribution >= 0.6 is 12.4 Å². The lowest BCUT2D eigenvalue weighted by atomic mass is 9.76. The SMILES string of the molecule is CCC(C)(C)CC(=O)N(C)OC.CCC(C)(C)CC(=O)O.CCC(C)(C)CC(C#N)NCc1ccccc1.CCC(C)(C)CC(N)C(=O)O.CCC(C)(C)CC(NC(=O)OCc1ccccc1)C(=O)O.CCC(C)(C)CC(NCc1ccccc1)C(=O)O.CCC(C)(C)CC=O.CCOC(=O)C(C(=O)OCC)=C(C)C.CCOC(=O)C(C(=O)OCC)C(C)(C)CC.CNOC.Cl. The highest BCUT2D eigenvalue weighted by Crippen LogP contribution is 2.34. The first-order chi connectivity index (χ1) is 60.1. The highest BCUT2D eigenvalue weighted by Gasteiger charge is 2.42. The van der Waals surface area contributed by atoms with Crippen LogP contribution in [0.1, 0.15) is 321 Å². The van der Waals surface area contributed by atoms with Crippen LogP contribution in [0.3, 0.4) is 0 Å². The summed E-state index contributed by atoms with van der Waals surface area (Å²) >= 11 is 0. The Hall–Kier alpha value is -8.89. The number of ether oxygens (including phenoxy) is 5. The molecule has 0 saturated heterocycles. The Morgan fingerprint density at radius 1 is 0.466 bits per heavy atom. The molecule has 0 aliphatic carbocycles. The van der Waals surface area contributed by atoms with Crippen LogP contribution in [0.5, 0.6) is 0 Å². The second-order valence-electron chi connectivity index (χ2n) is 37.5. The van der Waals surface area contributed by atoms with Gasteiger partial charge in [-0.25, -0.2) is 29.7 Å². The Morgan fingerprint density at radius 2 is 0.809 bits per heavy atom. The maximum atomic E-state index is 11.7. The van der Waals surface area contributed by atoms with Gasteiger partial charge in [0.05, 0.1) is 59.2 Å². The van der Waals surface area contributed by atoms with E-state index in [0.717, 1.165) is 75.3 Å². The van der Waals surface area contributed by atoms with Crippen LogP contribution in [0.15, 0.2) is 102 Å². The number of benzene rings is 3. The second kappa shape index (κ2) is 75.5. The summed E-state index contributed by atoms with van der Waals surface area (Å²) in [5.41, 5.74) is 11.6. The van der Waals surface area contributed by atoms with Gasteiger partial charge >= 0.3 is 53.8 Å². The number of hydrogen-bond acceptors (Lipinski definition) is 23. The van der Waals surface area contributed by atoms with Gasteiger partial charge in [0.15, 0.2) is 5.92 Å². The molecule has 4 unspecified atom stereocenters. The molecule has 131 heavy (non-hydrogen) atoms. The van der Waals surface area contributed by atoms with Crippen LogP contribution < -0.4 is 27.2 Å². The zero-order valence-electron chi connectivity index (χ0n) is 86.7. The molecular weight excluding hydrogens is 1700 g/mol. The van der Waals surface area contributed by atoms with Gasteiger partial charge in [-0.15, -0.1) is 12.4 Å². The molecule has 2 amide bonds. The molecule has 3 aromatic carbocycles. The number of carbonyl (C=O) groups excluding carboxylic acids is 7. The Bertz CT molecular complexity index is 3620. The number of aldehydes is 1. The average Bonchev–Trinajstić information content (AvgIpc) is 0.825. The number of allylic oxidation sites excluding steroid dienone is 1. The molecule has 4 atom stereocenters. The zero-order chi connectivity index (χ0) is 102. The van der Waals surface area contributed by atoms with Crippen molar-refractivity contribution in [2.75, 3.05) is 54.7 Å². The number of halogens is 1. The van der Waals surface area contributed by atoms with Crippen LogP contribution in [0, 0.1) is 60.6 Å². The van der Waals surface area contributed by atoms with E-state index in [1.807, 2.05) is 162 Å². The fraction of sp³-hybridized carbons (Fsp3) is 0.683. The van der Waals surface area contributed by atoms with Crippen LogP contribution in [0.25, 0.3) is 0 Å². The van der Waals surface area contributed by atoms with E-state index in [-0.39, 0.29) is 107 Å². The minimum absolute atomic E-state index is 0. The number of amides is 2. The summed E-state index contributed by atoms with van der Waals surface area (Å²) in [6, 6.07) is 29.5. The maximum absolute atomic E-state index is 11.7. The predicted molar refractivity (Wildman–Crippen MR) is 524 cm³/mol. The molecule has 0 aromatic heterocycles. The molecule has 0 fully saturated rings. The third kappa shape index (κ3) is 75.2. The lowest BCUT2D eigenvalue weighted by molar-refractivity contribution is -0.171. The Morgan fingerprint density at radius 3 is 1.10 bits per heavy atom. The molecule has 30 heteroatoms. The van der Waals surface area contributed by atoms with Crippen molar-refractivity contribution in [2.24, 2.45) is 55.0 Å².